The molecule has 1 rings (SSSR count). The Morgan fingerprint density at radius 1 is 1.43 bits per heavy atom. The fraction of sp³-hybridized carbons (Fsp3) is 0.364. The van der Waals surface area contributed by atoms with Crippen molar-refractivity contribution in [3.63, 3.8) is 0 Å². The average Bonchev–Trinajstić information content (AvgIpc) is 2.16. The van der Waals surface area contributed by atoms with E-state index >= 15 is 0 Å². The summed E-state index contributed by atoms with van der Waals surface area (Å²) in [6, 6.07) is 6.76. The van der Waals surface area contributed by atoms with Crippen LogP contribution in [0.5, 0.6) is 5.75 Å². The van der Waals surface area contributed by atoms with Crippen molar-refractivity contribution in [1.82, 2.24) is 5.32 Å². The van der Waals surface area contributed by atoms with Crippen molar-refractivity contribution in [2.45, 2.75) is 19.4 Å². The number of nitrogens with one attached hydrogen (secondary N) is 1. The highest BCUT2D eigenvalue weighted by atomic mass is 16.3. The van der Waals surface area contributed by atoms with Gasteiger partial charge in [0.15, 0.2) is 0 Å². The van der Waals surface area contributed by atoms with Gasteiger partial charge in [-0.1, -0.05) is 12.1 Å². The first-order valence-corrected chi connectivity index (χ1v) is 4.59. The van der Waals surface area contributed by atoms with E-state index in [1.165, 1.54) is 0 Å². The van der Waals surface area contributed by atoms with E-state index in [-0.39, 0.29) is 17.6 Å². The summed E-state index contributed by atoms with van der Waals surface area (Å²) in [7, 11) is 1.77. The lowest BCUT2D eigenvalue weighted by atomic mass is 10.0. The Morgan fingerprint density at radius 3 is 2.43 bits per heavy atom. The number of ketones is 1. The molecule has 14 heavy (non-hydrogen) atoms. The smallest absolute Gasteiger partial charge is 0.147 e. The van der Waals surface area contributed by atoms with Crippen LogP contribution >= 0.6 is 0 Å². The van der Waals surface area contributed by atoms with Gasteiger partial charge in [0.05, 0.1) is 6.04 Å². The fourth-order valence-electron chi connectivity index (χ4n) is 1.32. The molecule has 3 heteroatoms. The molecule has 0 radical (unpaired) electrons. The van der Waals surface area contributed by atoms with Gasteiger partial charge in [0.1, 0.15) is 11.5 Å². The topological polar surface area (TPSA) is 49.3 Å². The highest BCUT2D eigenvalue weighted by Crippen LogP contribution is 2.11. The second-order valence-corrected chi connectivity index (χ2v) is 3.32. The van der Waals surface area contributed by atoms with Crippen molar-refractivity contribution >= 4 is 5.78 Å². The van der Waals surface area contributed by atoms with Gasteiger partial charge < -0.3 is 10.4 Å². The number of hydrogen-bond acceptors (Lipinski definition) is 3. The number of phenolic OH excluding ortho intramolecular Hbond substituents is 1. The molecule has 1 aromatic carbocycles. The number of phenols is 1. The van der Waals surface area contributed by atoms with E-state index in [4.69, 9.17) is 5.11 Å². The zero-order valence-corrected chi connectivity index (χ0v) is 8.45. The van der Waals surface area contributed by atoms with Crippen molar-refractivity contribution in [1.29, 1.82) is 0 Å². The Morgan fingerprint density at radius 2 is 2.00 bits per heavy atom. The lowest BCUT2D eigenvalue weighted by Crippen LogP contribution is -2.34. The first-order valence-electron chi connectivity index (χ1n) is 4.59. The maximum absolute atomic E-state index is 11.1. The molecule has 0 aliphatic heterocycles. The molecule has 1 unspecified atom stereocenters. The molecule has 1 atom stereocenters. The molecule has 0 aliphatic carbocycles. The molecule has 0 saturated heterocycles. The standard InChI is InChI=1S/C11H15NO2/c1-8(13)11(12-2)7-9-3-5-10(14)6-4-9/h3-6,11-12,14H,7H2,1-2H3. The lowest BCUT2D eigenvalue weighted by Gasteiger charge is -2.12. The van der Waals surface area contributed by atoms with E-state index < -0.39 is 0 Å². The second kappa shape index (κ2) is 4.77. The number of likely N-dealkylation sites (N-methyl/N-ethyl adjacent to an activating group) is 1. The minimum Gasteiger partial charge on any atom is -0.508 e. The summed E-state index contributed by atoms with van der Waals surface area (Å²) >= 11 is 0. The SMILES string of the molecule is CNC(Cc1ccc(O)cc1)C(C)=O. The van der Waals surface area contributed by atoms with Gasteiger partial charge in [-0.3, -0.25) is 4.79 Å². The van der Waals surface area contributed by atoms with Crippen LogP contribution < -0.4 is 5.32 Å². The minimum atomic E-state index is -0.139. The minimum absolute atomic E-state index is 0.126. The average molecular weight is 193 g/mol. The molecule has 0 saturated carbocycles. The number of carbonyl (C=O) groups excluding carboxylic acids is 1. The van der Waals surface area contributed by atoms with Crippen molar-refractivity contribution in [2.75, 3.05) is 7.05 Å². The van der Waals surface area contributed by atoms with E-state index in [9.17, 15) is 4.79 Å². The second-order valence-electron chi connectivity index (χ2n) is 3.32. The third-order valence-corrected chi connectivity index (χ3v) is 2.22. The van der Waals surface area contributed by atoms with Gasteiger partial charge >= 0.3 is 0 Å². The zero-order chi connectivity index (χ0) is 10.6. The Kier molecular flexibility index (Phi) is 3.65. The zero-order valence-electron chi connectivity index (χ0n) is 8.45. The summed E-state index contributed by atoms with van der Waals surface area (Å²) in [6.45, 7) is 1.57. The first kappa shape index (κ1) is 10.7. The summed E-state index contributed by atoms with van der Waals surface area (Å²) in [5.41, 5.74) is 1.04. The third-order valence-electron chi connectivity index (χ3n) is 2.22. The molecule has 76 valence electrons. The summed E-state index contributed by atoms with van der Waals surface area (Å²) in [6.07, 6.45) is 0.659. The molecule has 3 nitrogen and oxygen atoms in total. The van der Waals surface area contributed by atoms with Crippen LogP contribution in [0, 0.1) is 0 Å². The highest BCUT2D eigenvalue weighted by molar-refractivity contribution is 5.81. The number of aromatic hydroxyl groups is 1. The van der Waals surface area contributed by atoms with Gasteiger partial charge in [-0.25, -0.2) is 0 Å². The van der Waals surface area contributed by atoms with Gasteiger partial charge in [0.25, 0.3) is 0 Å². The van der Waals surface area contributed by atoms with E-state index in [1.807, 2.05) is 12.1 Å². The first-order chi connectivity index (χ1) is 6.63. The lowest BCUT2D eigenvalue weighted by molar-refractivity contribution is -0.118. The number of rotatable bonds is 4. The maximum Gasteiger partial charge on any atom is 0.147 e. The van der Waals surface area contributed by atoms with E-state index in [0.717, 1.165) is 5.56 Å². The normalized spacial score (nSPS) is 12.4. The Labute approximate surface area is 83.8 Å². The molecular weight excluding hydrogens is 178 g/mol. The Hall–Kier alpha value is -1.35. The maximum atomic E-state index is 11.1. The molecule has 0 heterocycles. The third kappa shape index (κ3) is 2.85. The van der Waals surface area contributed by atoms with Gasteiger partial charge in [0, 0.05) is 0 Å². The molecule has 0 spiro atoms. The quantitative estimate of drug-likeness (QED) is 0.753. The predicted molar refractivity (Wildman–Crippen MR) is 55.3 cm³/mol. The Balaban J connectivity index is 2.67. The molecular formula is C11H15NO2. The van der Waals surface area contributed by atoms with Crippen LogP contribution in [0.3, 0.4) is 0 Å². The number of hydrogen-bond donors (Lipinski definition) is 2. The van der Waals surface area contributed by atoms with Crippen LogP contribution in [-0.2, 0) is 11.2 Å². The summed E-state index contributed by atoms with van der Waals surface area (Å²) in [4.78, 5) is 11.1. The van der Waals surface area contributed by atoms with E-state index in [0.29, 0.717) is 6.42 Å². The number of carbonyl (C=O) groups is 1. The van der Waals surface area contributed by atoms with Crippen molar-refractivity contribution < 1.29 is 9.90 Å². The molecule has 2 N–H and O–H groups in total. The predicted octanol–water partition coefficient (Wildman–Crippen LogP) is 1.11. The van der Waals surface area contributed by atoms with Crippen LogP contribution in [0.25, 0.3) is 0 Å². The van der Waals surface area contributed by atoms with Crippen LogP contribution in [0.2, 0.25) is 0 Å². The Bertz CT molecular complexity index is 306. The summed E-state index contributed by atoms with van der Waals surface area (Å²) in [5.74, 6) is 0.373. The van der Waals surface area contributed by atoms with Gasteiger partial charge in [-0.2, -0.15) is 0 Å². The van der Waals surface area contributed by atoms with Gasteiger partial charge in [0.2, 0.25) is 0 Å². The summed E-state index contributed by atoms with van der Waals surface area (Å²) < 4.78 is 0. The van der Waals surface area contributed by atoms with Crippen LogP contribution in [-0.4, -0.2) is 24.0 Å². The highest BCUT2D eigenvalue weighted by Gasteiger charge is 2.11. The number of Topliss-reactive ketones (excluding diaryl/α,β-unsaturated/α-hetero) is 1. The van der Waals surface area contributed by atoms with Crippen molar-refractivity contribution in [2.24, 2.45) is 0 Å². The van der Waals surface area contributed by atoms with Crippen LogP contribution in [0.4, 0.5) is 0 Å². The van der Waals surface area contributed by atoms with E-state index in [1.54, 1.807) is 26.1 Å². The van der Waals surface area contributed by atoms with Crippen LogP contribution in [0.15, 0.2) is 24.3 Å². The molecule has 0 fully saturated rings. The molecule has 0 aliphatic rings. The van der Waals surface area contributed by atoms with E-state index in [2.05, 4.69) is 5.32 Å². The molecule has 0 aromatic heterocycles. The van der Waals surface area contributed by atoms with Crippen LogP contribution in [0.1, 0.15) is 12.5 Å². The van der Waals surface area contributed by atoms with Crippen molar-refractivity contribution in [3.8, 4) is 5.75 Å². The monoisotopic (exact) mass is 193 g/mol. The fourth-order valence-corrected chi connectivity index (χ4v) is 1.32. The molecule has 0 bridgehead atoms. The largest absolute Gasteiger partial charge is 0.508 e. The molecule has 1 aromatic rings. The molecule has 0 amide bonds. The van der Waals surface area contributed by atoms with Gasteiger partial charge in [-0.05, 0) is 38.1 Å². The number of benzene rings is 1. The van der Waals surface area contributed by atoms with Gasteiger partial charge in [-0.15, -0.1) is 0 Å². The van der Waals surface area contributed by atoms with Crippen molar-refractivity contribution in [3.05, 3.63) is 29.8 Å². The summed E-state index contributed by atoms with van der Waals surface area (Å²) in [5, 5.41) is 12.0.